The second-order valence-electron chi connectivity index (χ2n) is 13.4. The van der Waals surface area contributed by atoms with Gasteiger partial charge in [-0.3, -0.25) is 19.3 Å². The van der Waals surface area contributed by atoms with E-state index in [-0.39, 0.29) is 36.5 Å². The van der Waals surface area contributed by atoms with Crippen LogP contribution in [0.5, 0.6) is 11.5 Å². The summed E-state index contributed by atoms with van der Waals surface area (Å²) in [4.78, 5) is 44.1. The molecule has 2 heterocycles. The normalized spacial score (nSPS) is 20.5. The highest BCUT2D eigenvalue weighted by atomic mass is 35.5. The Morgan fingerprint density at radius 3 is 2.12 bits per heavy atom. The van der Waals surface area contributed by atoms with E-state index in [0.29, 0.717) is 68.8 Å². The SMILES string of the molecule is CNC(=O)c1ccc(Oc2ccc(CN3CCC4(CC3)C(=O)N[C@H](CC3(O)CCCCC3)C(=O)N4CCc3ccccc3)cc2)cc1.Cl. The van der Waals surface area contributed by atoms with Crippen molar-refractivity contribution in [2.45, 2.75) is 81.5 Å². The molecule has 3 aromatic carbocycles. The fraction of sp³-hybridized carbons (Fsp3) is 0.447. The van der Waals surface area contributed by atoms with Crippen molar-refractivity contribution < 1.29 is 24.2 Å². The van der Waals surface area contributed by atoms with E-state index in [9.17, 15) is 19.5 Å². The van der Waals surface area contributed by atoms with Crippen molar-refractivity contribution in [3.63, 3.8) is 0 Å². The van der Waals surface area contributed by atoms with Gasteiger partial charge in [-0.05, 0) is 79.6 Å². The number of piperidine rings is 1. The van der Waals surface area contributed by atoms with Crippen LogP contribution in [0.4, 0.5) is 0 Å². The molecule has 0 aromatic heterocycles. The molecule has 0 unspecified atom stereocenters. The molecule has 1 saturated carbocycles. The van der Waals surface area contributed by atoms with Gasteiger partial charge in [0.2, 0.25) is 11.8 Å². The van der Waals surface area contributed by atoms with E-state index >= 15 is 0 Å². The first-order valence-corrected chi connectivity index (χ1v) is 17.0. The van der Waals surface area contributed by atoms with Crippen molar-refractivity contribution in [1.29, 1.82) is 0 Å². The Bertz CT molecular complexity index is 1540. The molecular formula is C38H47ClN4O5. The van der Waals surface area contributed by atoms with Crippen molar-refractivity contribution >= 4 is 30.1 Å². The maximum Gasteiger partial charge on any atom is 0.251 e. The molecule has 3 aliphatic rings. The highest BCUT2D eigenvalue weighted by molar-refractivity contribution is 6.00. The minimum atomic E-state index is -0.900. The Balaban J connectivity index is 0.00000451. The minimum Gasteiger partial charge on any atom is -0.457 e. The monoisotopic (exact) mass is 674 g/mol. The number of amides is 3. The molecule has 3 N–H and O–H groups in total. The second-order valence-corrected chi connectivity index (χ2v) is 13.4. The van der Waals surface area contributed by atoms with Gasteiger partial charge in [-0.2, -0.15) is 0 Å². The first-order chi connectivity index (χ1) is 22.8. The third kappa shape index (κ3) is 8.02. The van der Waals surface area contributed by atoms with E-state index in [0.717, 1.165) is 36.9 Å². The summed E-state index contributed by atoms with van der Waals surface area (Å²) in [6, 6.07) is 24.4. The number of likely N-dealkylation sites (tertiary alicyclic amines) is 1. The van der Waals surface area contributed by atoms with E-state index in [4.69, 9.17) is 4.74 Å². The summed E-state index contributed by atoms with van der Waals surface area (Å²) < 4.78 is 5.98. The Labute approximate surface area is 289 Å². The van der Waals surface area contributed by atoms with E-state index in [2.05, 4.69) is 27.7 Å². The molecule has 1 atom stereocenters. The summed E-state index contributed by atoms with van der Waals surface area (Å²) in [6.07, 6.45) is 6.43. The molecule has 256 valence electrons. The standard InChI is InChI=1S/C38H46N4O5.ClH/c1-39-34(43)30-12-16-32(17-13-30)47-31-14-10-29(11-15-31)27-41-24-21-38(22-25-41)36(45)40-33(26-37(46)19-6-3-7-20-37)35(44)42(38)23-18-28-8-4-2-5-9-28;/h2,4-5,8-17,33,46H,3,6-7,18-27H2,1H3,(H,39,43)(H,40,45);1H/t33-;/m1./s1. The van der Waals surface area contributed by atoms with Gasteiger partial charge in [0.25, 0.3) is 5.91 Å². The molecule has 3 fully saturated rings. The maximum absolute atomic E-state index is 14.1. The number of hydrogen-bond donors (Lipinski definition) is 3. The second kappa shape index (κ2) is 15.5. The van der Waals surface area contributed by atoms with Gasteiger partial charge in [0.1, 0.15) is 23.1 Å². The predicted octanol–water partition coefficient (Wildman–Crippen LogP) is 5.25. The molecule has 1 aliphatic carbocycles. The molecule has 3 amide bonds. The van der Waals surface area contributed by atoms with Crippen LogP contribution in [0.1, 0.15) is 72.9 Å². The fourth-order valence-electron chi connectivity index (χ4n) is 7.47. The summed E-state index contributed by atoms with van der Waals surface area (Å²) >= 11 is 0. The van der Waals surface area contributed by atoms with Crippen LogP contribution in [0.25, 0.3) is 0 Å². The minimum absolute atomic E-state index is 0. The lowest BCUT2D eigenvalue weighted by Crippen LogP contribution is -2.73. The van der Waals surface area contributed by atoms with Crippen molar-refractivity contribution in [3.05, 3.63) is 95.6 Å². The summed E-state index contributed by atoms with van der Waals surface area (Å²) in [7, 11) is 1.60. The Hall–Kier alpha value is -3.92. The molecule has 9 nitrogen and oxygen atoms in total. The lowest BCUT2D eigenvalue weighted by atomic mass is 9.77. The van der Waals surface area contributed by atoms with Gasteiger partial charge in [-0.25, -0.2) is 0 Å². The number of hydrogen-bond acceptors (Lipinski definition) is 6. The average molecular weight is 675 g/mol. The number of carbonyl (C=O) groups is 3. The largest absolute Gasteiger partial charge is 0.457 e. The van der Waals surface area contributed by atoms with Crippen molar-refractivity contribution in [2.24, 2.45) is 0 Å². The van der Waals surface area contributed by atoms with Crippen LogP contribution >= 0.6 is 12.4 Å². The summed E-state index contributed by atoms with van der Waals surface area (Å²) in [6.45, 7) is 2.58. The summed E-state index contributed by atoms with van der Waals surface area (Å²) in [5.41, 5.74) is 1.05. The van der Waals surface area contributed by atoms with Crippen LogP contribution in [0.2, 0.25) is 0 Å². The zero-order valence-electron chi connectivity index (χ0n) is 27.7. The number of rotatable bonds is 10. The van der Waals surface area contributed by atoms with Gasteiger partial charge >= 0.3 is 0 Å². The Morgan fingerprint density at radius 2 is 1.50 bits per heavy atom. The molecule has 10 heteroatoms. The van der Waals surface area contributed by atoms with E-state index in [1.807, 2.05) is 47.4 Å². The number of carbonyl (C=O) groups excluding carboxylic acids is 3. The van der Waals surface area contributed by atoms with Crippen molar-refractivity contribution in [1.82, 2.24) is 20.4 Å². The van der Waals surface area contributed by atoms with Crippen LogP contribution in [0.3, 0.4) is 0 Å². The third-order valence-electron chi connectivity index (χ3n) is 10.2. The van der Waals surface area contributed by atoms with Gasteiger partial charge in [0.15, 0.2) is 0 Å². The quantitative estimate of drug-likeness (QED) is 0.271. The van der Waals surface area contributed by atoms with Gasteiger partial charge in [0.05, 0.1) is 5.60 Å². The number of nitrogens with one attached hydrogen (secondary N) is 2. The number of nitrogens with zero attached hydrogens (tertiary/aromatic N) is 2. The third-order valence-corrected chi connectivity index (χ3v) is 10.2. The van der Waals surface area contributed by atoms with Gasteiger partial charge in [0, 0.05) is 45.2 Å². The molecule has 2 saturated heterocycles. The fourth-order valence-corrected chi connectivity index (χ4v) is 7.47. The first kappa shape index (κ1) is 35.4. The van der Waals surface area contributed by atoms with Crippen molar-refractivity contribution in [2.75, 3.05) is 26.7 Å². The number of benzene rings is 3. The molecular weight excluding hydrogens is 628 g/mol. The van der Waals surface area contributed by atoms with Crippen LogP contribution in [-0.2, 0) is 22.6 Å². The van der Waals surface area contributed by atoms with Gasteiger partial charge < -0.3 is 25.4 Å². The van der Waals surface area contributed by atoms with Crippen molar-refractivity contribution in [3.8, 4) is 11.5 Å². The number of piperazine rings is 1. The maximum atomic E-state index is 14.1. The number of halogens is 1. The first-order valence-electron chi connectivity index (χ1n) is 17.0. The van der Waals surface area contributed by atoms with E-state index < -0.39 is 17.2 Å². The molecule has 0 bridgehead atoms. The zero-order chi connectivity index (χ0) is 32.9. The Morgan fingerprint density at radius 1 is 0.875 bits per heavy atom. The smallest absolute Gasteiger partial charge is 0.251 e. The van der Waals surface area contributed by atoms with E-state index in [1.165, 1.54) is 0 Å². The van der Waals surface area contributed by atoms with Gasteiger partial charge in [-0.1, -0.05) is 61.7 Å². The summed E-state index contributed by atoms with van der Waals surface area (Å²) in [5.74, 6) is 1.07. The molecule has 48 heavy (non-hydrogen) atoms. The lowest BCUT2D eigenvalue weighted by Gasteiger charge is -2.52. The molecule has 3 aromatic rings. The predicted molar refractivity (Wildman–Crippen MR) is 187 cm³/mol. The highest BCUT2D eigenvalue weighted by Gasteiger charge is 2.54. The lowest BCUT2D eigenvalue weighted by molar-refractivity contribution is -0.163. The topological polar surface area (TPSA) is 111 Å². The highest BCUT2D eigenvalue weighted by Crippen LogP contribution is 2.38. The summed E-state index contributed by atoms with van der Waals surface area (Å²) in [5, 5.41) is 17.0. The number of ether oxygens (including phenoxy) is 1. The molecule has 2 aliphatic heterocycles. The van der Waals surface area contributed by atoms with Crippen LogP contribution < -0.4 is 15.4 Å². The van der Waals surface area contributed by atoms with E-state index in [1.54, 1.807) is 31.3 Å². The van der Waals surface area contributed by atoms with Crippen LogP contribution in [0.15, 0.2) is 78.9 Å². The molecule has 6 rings (SSSR count). The van der Waals surface area contributed by atoms with Crippen LogP contribution in [-0.4, -0.2) is 76.5 Å². The molecule has 1 spiro atoms. The van der Waals surface area contributed by atoms with Gasteiger partial charge in [-0.15, -0.1) is 12.4 Å². The Kier molecular flexibility index (Phi) is 11.5. The van der Waals surface area contributed by atoms with Crippen LogP contribution in [0, 0.1) is 0 Å². The average Bonchev–Trinajstić information content (AvgIpc) is 3.09. The molecule has 0 radical (unpaired) electrons. The zero-order valence-corrected chi connectivity index (χ0v) is 28.5. The number of aliphatic hydroxyl groups is 1.